The third-order valence-corrected chi connectivity index (χ3v) is 3.38. The number of furan rings is 1. The Hall–Kier alpha value is -2.27. The molecule has 5 nitrogen and oxygen atoms in total. The molecule has 1 heterocycles. The molecule has 0 bridgehead atoms. The fourth-order valence-electron chi connectivity index (χ4n) is 1.81. The number of hydrogen-bond donors (Lipinski definition) is 0. The zero-order valence-electron chi connectivity index (χ0n) is 12.3. The molecule has 1 aromatic carbocycles. The van der Waals surface area contributed by atoms with E-state index in [4.69, 9.17) is 20.8 Å². The number of Topliss-reactive ketones (excluding diaryl/α,β-unsaturated/α-hetero) is 1. The van der Waals surface area contributed by atoms with E-state index in [1.165, 1.54) is 17.9 Å². The summed E-state index contributed by atoms with van der Waals surface area (Å²) in [5, 5.41) is 0.300. The lowest BCUT2D eigenvalue weighted by molar-refractivity contribution is -0.132. The third-order valence-electron chi connectivity index (χ3n) is 3.09. The summed E-state index contributed by atoms with van der Waals surface area (Å²) < 4.78 is 10.6. The molecule has 0 fully saturated rings. The van der Waals surface area contributed by atoms with Crippen molar-refractivity contribution in [1.29, 1.82) is 0 Å². The molecular formula is C16H16ClNO4. The van der Waals surface area contributed by atoms with Gasteiger partial charge in [-0.05, 0) is 37.3 Å². The number of carbonyl (C=O) groups excluding carboxylic acids is 2. The van der Waals surface area contributed by atoms with Gasteiger partial charge < -0.3 is 14.1 Å². The molecule has 0 saturated heterocycles. The molecule has 116 valence electrons. The van der Waals surface area contributed by atoms with E-state index in [1.54, 1.807) is 37.6 Å². The van der Waals surface area contributed by atoms with Gasteiger partial charge in [-0.1, -0.05) is 11.6 Å². The zero-order valence-corrected chi connectivity index (χ0v) is 13.1. The van der Waals surface area contributed by atoms with E-state index in [0.717, 1.165) is 0 Å². The second-order valence-electron chi connectivity index (χ2n) is 4.82. The zero-order chi connectivity index (χ0) is 16.1. The molecule has 0 radical (unpaired) electrons. The lowest BCUT2D eigenvalue weighted by Gasteiger charge is -2.16. The maximum atomic E-state index is 12.0. The van der Waals surface area contributed by atoms with Gasteiger partial charge >= 0.3 is 0 Å². The number of likely N-dealkylation sites (N-methyl/N-ethyl adjacent to an activating group) is 1. The van der Waals surface area contributed by atoms with E-state index in [1.807, 2.05) is 0 Å². The Bertz CT molecular complexity index is 667. The maximum absolute atomic E-state index is 12.0. The summed E-state index contributed by atoms with van der Waals surface area (Å²) in [6.07, 6.45) is 1.56. The van der Waals surface area contributed by atoms with Crippen molar-refractivity contribution >= 4 is 23.3 Å². The Labute approximate surface area is 133 Å². The maximum Gasteiger partial charge on any atom is 0.260 e. The Morgan fingerprint density at radius 3 is 2.68 bits per heavy atom. The van der Waals surface area contributed by atoms with Crippen LogP contribution in [0.25, 0.3) is 0 Å². The highest BCUT2D eigenvalue weighted by atomic mass is 35.5. The second-order valence-corrected chi connectivity index (χ2v) is 5.23. The van der Waals surface area contributed by atoms with Crippen molar-refractivity contribution in [1.82, 2.24) is 4.90 Å². The minimum atomic E-state index is -0.205. The minimum absolute atomic E-state index is 0.0808. The summed E-state index contributed by atoms with van der Waals surface area (Å²) in [5.41, 5.74) is 0.499. The number of ether oxygens (including phenoxy) is 1. The molecule has 0 spiro atoms. The van der Waals surface area contributed by atoms with Crippen molar-refractivity contribution in [2.75, 3.05) is 13.7 Å². The number of halogens is 1. The highest BCUT2D eigenvalue weighted by Crippen LogP contribution is 2.25. The number of carbonyl (C=O) groups is 2. The summed E-state index contributed by atoms with van der Waals surface area (Å²) in [5.74, 6) is 0.775. The van der Waals surface area contributed by atoms with E-state index in [0.29, 0.717) is 28.6 Å². The number of rotatable bonds is 6. The minimum Gasteiger partial charge on any atom is -0.482 e. The topological polar surface area (TPSA) is 59.8 Å². The first-order valence-electron chi connectivity index (χ1n) is 6.67. The van der Waals surface area contributed by atoms with Crippen LogP contribution in [0.5, 0.6) is 5.75 Å². The molecule has 0 aliphatic rings. The SMILES string of the molecule is CC(=O)c1ccc(OCC(=O)N(C)Cc2ccco2)c(Cl)c1. The summed E-state index contributed by atoms with van der Waals surface area (Å²) in [4.78, 5) is 24.7. The van der Waals surface area contributed by atoms with Crippen molar-refractivity contribution in [3.05, 3.63) is 52.9 Å². The van der Waals surface area contributed by atoms with E-state index < -0.39 is 0 Å². The van der Waals surface area contributed by atoms with Gasteiger partial charge in [0.2, 0.25) is 0 Å². The van der Waals surface area contributed by atoms with Crippen LogP contribution in [0.2, 0.25) is 5.02 Å². The number of ketones is 1. The molecule has 2 aromatic rings. The van der Waals surface area contributed by atoms with Gasteiger partial charge in [0.15, 0.2) is 12.4 Å². The van der Waals surface area contributed by atoms with Crippen LogP contribution in [0.3, 0.4) is 0 Å². The number of amides is 1. The number of hydrogen-bond acceptors (Lipinski definition) is 4. The van der Waals surface area contributed by atoms with Gasteiger partial charge in [-0.25, -0.2) is 0 Å². The molecule has 1 amide bonds. The number of benzene rings is 1. The molecule has 0 aliphatic carbocycles. The van der Waals surface area contributed by atoms with Gasteiger partial charge in [-0.3, -0.25) is 9.59 Å². The monoisotopic (exact) mass is 321 g/mol. The summed E-state index contributed by atoms with van der Waals surface area (Å²) in [6, 6.07) is 8.28. The molecule has 2 rings (SSSR count). The van der Waals surface area contributed by atoms with Crippen LogP contribution in [-0.2, 0) is 11.3 Å². The van der Waals surface area contributed by atoms with Crippen LogP contribution in [0.15, 0.2) is 41.0 Å². The van der Waals surface area contributed by atoms with Gasteiger partial charge in [-0.2, -0.15) is 0 Å². The smallest absolute Gasteiger partial charge is 0.260 e. The van der Waals surface area contributed by atoms with Crippen molar-refractivity contribution in [3.8, 4) is 5.75 Å². The standard InChI is InChI=1S/C16H16ClNO4/c1-11(19)12-5-6-15(14(17)8-12)22-10-16(20)18(2)9-13-4-3-7-21-13/h3-8H,9-10H2,1-2H3. The molecule has 0 atom stereocenters. The van der Waals surface area contributed by atoms with Crippen molar-refractivity contribution in [3.63, 3.8) is 0 Å². The van der Waals surface area contributed by atoms with E-state index >= 15 is 0 Å². The molecule has 0 N–H and O–H groups in total. The number of nitrogens with zero attached hydrogens (tertiary/aromatic N) is 1. The Kier molecular flexibility index (Phi) is 5.22. The Balaban J connectivity index is 1.92. The Morgan fingerprint density at radius 2 is 2.09 bits per heavy atom. The van der Waals surface area contributed by atoms with Crippen LogP contribution in [0.1, 0.15) is 23.0 Å². The van der Waals surface area contributed by atoms with Crippen molar-refractivity contribution < 1.29 is 18.7 Å². The average Bonchev–Trinajstić information content (AvgIpc) is 2.98. The van der Waals surface area contributed by atoms with Gasteiger partial charge in [0.05, 0.1) is 17.8 Å². The quantitative estimate of drug-likeness (QED) is 0.767. The third kappa shape index (κ3) is 4.11. The molecule has 22 heavy (non-hydrogen) atoms. The Morgan fingerprint density at radius 1 is 1.32 bits per heavy atom. The summed E-state index contributed by atoms with van der Waals surface area (Å²) >= 11 is 6.03. The second kappa shape index (κ2) is 7.13. The summed E-state index contributed by atoms with van der Waals surface area (Å²) in [6.45, 7) is 1.68. The molecule has 1 aromatic heterocycles. The van der Waals surface area contributed by atoms with Crippen LogP contribution < -0.4 is 4.74 Å². The lowest BCUT2D eigenvalue weighted by Crippen LogP contribution is -2.30. The molecule has 6 heteroatoms. The molecular weight excluding hydrogens is 306 g/mol. The predicted octanol–water partition coefficient (Wildman–Crippen LogP) is 3.17. The predicted molar refractivity (Wildman–Crippen MR) is 82.1 cm³/mol. The van der Waals surface area contributed by atoms with Crippen molar-refractivity contribution in [2.24, 2.45) is 0 Å². The van der Waals surface area contributed by atoms with Gasteiger partial charge in [0.25, 0.3) is 5.91 Å². The first-order valence-corrected chi connectivity index (χ1v) is 7.05. The lowest BCUT2D eigenvalue weighted by atomic mass is 10.1. The molecule has 0 aliphatic heterocycles. The van der Waals surface area contributed by atoms with Gasteiger partial charge in [0.1, 0.15) is 11.5 Å². The highest BCUT2D eigenvalue weighted by Gasteiger charge is 2.13. The van der Waals surface area contributed by atoms with E-state index in [2.05, 4.69) is 0 Å². The first-order chi connectivity index (χ1) is 10.5. The van der Waals surface area contributed by atoms with Gasteiger partial charge in [-0.15, -0.1) is 0 Å². The van der Waals surface area contributed by atoms with E-state index in [9.17, 15) is 9.59 Å². The average molecular weight is 322 g/mol. The normalized spacial score (nSPS) is 10.3. The molecule has 0 saturated carbocycles. The highest BCUT2D eigenvalue weighted by molar-refractivity contribution is 6.32. The fourth-order valence-corrected chi connectivity index (χ4v) is 2.05. The fraction of sp³-hybridized carbons (Fsp3) is 0.250. The summed E-state index contributed by atoms with van der Waals surface area (Å²) in [7, 11) is 1.66. The molecule has 0 unspecified atom stereocenters. The van der Waals surface area contributed by atoms with E-state index in [-0.39, 0.29) is 18.3 Å². The van der Waals surface area contributed by atoms with Gasteiger partial charge in [0, 0.05) is 12.6 Å². The largest absolute Gasteiger partial charge is 0.482 e. The van der Waals surface area contributed by atoms with Crippen LogP contribution in [-0.4, -0.2) is 30.2 Å². The van der Waals surface area contributed by atoms with Crippen LogP contribution in [0.4, 0.5) is 0 Å². The van der Waals surface area contributed by atoms with Crippen LogP contribution >= 0.6 is 11.6 Å². The van der Waals surface area contributed by atoms with Crippen LogP contribution in [0, 0.1) is 0 Å². The van der Waals surface area contributed by atoms with Crippen molar-refractivity contribution in [2.45, 2.75) is 13.5 Å². The first kappa shape index (κ1) is 16.1.